The average molecular weight is 349 g/mol. The van der Waals surface area contributed by atoms with Gasteiger partial charge in [0.15, 0.2) is 5.75 Å². The third-order valence-corrected chi connectivity index (χ3v) is 4.17. The van der Waals surface area contributed by atoms with Crippen molar-refractivity contribution in [1.29, 1.82) is 0 Å². The largest absolute Gasteiger partial charge is 0.444 e. The third kappa shape index (κ3) is 5.37. The molecule has 0 spiro atoms. The summed E-state index contributed by atoms with van der Waals surface area (Å²) in [4.78, 5) is 32.3. The van der Waals surface area contributed by atoms with Crippen molar-refractivity contribution in [3.63, 3.8) is 0 Å². The molecule has 1 N–H and O–H groups in total. The van der Waals surface area contributed by atoms with Gasteiger partial charge in [0.25, 0.3) is 0 Å². The maximum absolute atomic E-state index is 11.9. The number of benzene rings is 1. The van der Waals surface area contributed by atoms with Crippen LogP contribution < -0.4 is 10.2 Å². The van der Waals surface area contributed by atoms with E-state index >= 15 is 0 Å². The van der Waals surface area contributed by atoms with Gasteiger partial charge in [-0.3, -0.25) is 9.78 Å². The van der Waals surface area contributed by atoms with Gasteiger partial charge in [-0.15, -0.1) is 0 Å². The van der Waals surface area contributed by atoms with Crippen LogP contribution in [0.25, 0.3) is 0 Å². The first kappa shape index (κ1) is 19.1. The molecule has 0 saturated carbocycles. The zero-order chi connectivity index (χ0) is 18.6. The fourth-order valence-corrected chi connectivity index (χ4v) is 3.25. The number of carbonyl (C=O) groups is 2. The molecule has 2 rings (SSSR count). The number of amides is 1. The Hall–Kier alpha value is -2.24. The maximum Gasteiger partial charge on any atom is 0.407 e. The van der Waals surface area contributed by atoms with Crippen LogP contribution in [0.2, 0.25) is 0 Å². The molecule has 1 aliphatic carbocycles. The van der Waals surface area contributed by atoms with E-state index in [0.717, 1.165) is 18.4 Å². The smallest absolute Gasteiger partial charge is 0.407 e. The van der Waals surface area contributed by atoms with Crippen molar-refractivity contribution in [3.05, 3.63) is 29.3 Å². The van der Waals surface area contributed by atoms with Crippen molar-refractivity contribution in [2.45, 2.75) is 59.0 Å². The van der Waals surface area contributed by atoms with Crippen LogP contribution in [0.3, 0.4) is 0 Å². The minimum Gasteiger partial charge on any atom is -0.444 e. The highest BCUT2D eigenvalue weighted by molar-refractivity contribution is 5.67. The Morgan fingerprint density at radius 3 is 2.60 bits per heavy atom. The van der Waals surface area contributed by atoms with Crippen molar-refractivity contribution < 1.29 is 24.1 Å². The molecule has 0 aliphatic heterocycles. The SMILES string of the molecule is CCC1c2ccc(OOC(C)=O)cc2CC1CNC(=O)OC(C)(C)C. The van der Waals surface area contributed by atoms with E-state index in [2.05, 4.69) is 17.1 Å². The Morgan fingerprint density at radius 2 is 2.00 bits per heavy atom. The van der Waals surface area contributed by atoms with Crippen molar-refractivity contribution >= 4 is 12.1 Å². The topological polar surface area (TPSA) is 73.9 Å². The van der Waals surface area contributed by atoms with Gasteiger partial charge >= 0.3 is 12.1 Å². The fourth-order valence-electron chi connectivity index (χ4n) is 3.25. The minimum atomic E-state index is -0.504. The van der Waals surface area contributed by atoms with Crippen LogP contribution in [0.4, 0.5) is 4.79 Å². The first-order valence-corrected chi connectivity index (χ1v) is 8.64. The lowest BCUT2D eigenvalue weighted by Crippen LogP contribution is -2.36. The standard InChI is InChI=1S/C19H27NO5/c1-6-16-14(11-20-18(22)23-19(3,4)5)9-13-10-15(7-8-17(13)16)25-24-12(2)21/h7-8,10,14,16H,6,9,11H2,1-5H3,(H,20,22). The molecule has 2 unspecified atom stereocenters. The molecule has 2 atom stereocenters. The monoisotopic (exact) mass is 349 g/mol. The van der Waals surface area contributed by atoms with Crippen molar-refractivity contribution in [2.24, 2.45) is 5.92 Å². The summed E-state index contributed by atoms with van der Waals surface area (Å²) >= 11 is 0. The van der Waals surface area contributed by atoms with Gasteiger partial charge in [-0.05, 0) is 68.7 Å². The van der Waals surface area contributed by atoms with Crippen molar-refractivity contribution in [1.82, 2.24) is 5.32 Å². The number of rotatable bonds is 5. The van der Waals surface area contributed by atoms with E-state index in [1.165, 1.54) is 12.5 Å². The zero-order valence-corrected chi connectivity index (χ0v) is 15.5. The van der Waals surface area contributed by atoms with Crippen LogP contribution in [0.15, 0.2) is 18.2 Å². The highest BCUT2D eigenvalue weighted by atomic mass is 17.2. The lowest BCUT2D eigenvalue weighted by Gasteiger charge is -2.22. The molecule has 0 fully saturated rings. The average Bonchev–Trinajstić information content (AvgIpc) is 2.85. The van der Waals surface area contributed by atoms with E-state index in [1.807, 2.05) is 32.9 Å². The van der Waals surface area contributed by atoms with Gasteiger partial charge in [-0.2, -0.15) is 0 Å². The highest BCUT2D eigenvalue weighted by Crippen LogP contribution is 2.41. The normalized spacial score (nSPS) is 19.1. The molecule has 138 valence electrons. The van der Waals surface area contributed by atoms with Crippen LogP contribution >= 0.6 is 0 Å². The molecule has 0 radical (unpaired) electrons. The summed E-state index contributed by atoms with van der Waals surface area (Å²) in [6.07, 6.45) is 1.43. The summed E-state index contributed by atoms with van der Waals surface area (Å²) in [6.45, 7) is 9.52. The summed E-state index contributed by atoms with van der Waals surface area (Å²) < 4.78 is 5.30. The number of hydrogen-bond donors (Lipinski definition) is 1. The molecule has 25 heavy (non-hydrogen) atoms. The van der Waals surface area contributed by atoms with Crippen LogP contribution in [0, 0.1) is 5.92 Å². The molecule has 6 heteroatoms. The second-order valence-corrected chi connectivity index (χ2v) is 7.38. The predicted molar refractivity (Wildman–Crippen MR) is 93.3 cm³/mol. The molecule has 0 aromatic heterocycles. The number of fused-ring (bicyclic) bond motifs is 1. The van der Waals surface area contributed by atoms with Gasteiger partial charge in [-0.1, -0.05) is 13.0 Å². The van der Waals surface area contributed by atoms with Crippen LogP contribution in [0.1, 0.15) is 58.1 Å². The van der Waals surface area contributed by atoms with Gasteiger partial charge < -0.3 is 10.1 Å². The Kier molecular flexibility index (Phi) is 5.93. The Labute approximate surface area is 148 Å². The second-order valence-electron chi connectivity index (χ2n) is 7.38. The summed E-state index contributed by atoms with van der Waals surface area (Å²) in [5.41, 5.74) is 1.91. The van der Waals surface area contributed by atoms with Gasteiger partial charge in [0.1, 0.15) is 5.60 Å². The number of nitrogens with one attached hydrogen (secondary N) is 1. The summed E-state index contributed by atoms with van der Waals surface area (Å²) in [7, 11) is 0. The maximum atomic E-state index is 11.9. The summed E-state index contributed by atoms with van der Waals surface area (Å²) in [5, 5.41) is 2.87. The van der Waals surface area contributed by atoms with Crippen LogP contribution in [-0.2, 0) is 20.8 Å². The Balaban J connectivity index is 2.00. The number of alkyl carbamates (subject to hydrolysis) is 1. The number of hydrogen-bond acceptors (Lipinski definition) is 5. The lowest BCUT2D eigenvalue weighted by atomic mass is 9.90. The molecule has 0 saturated heterocycles. The molecule has 0 heterocycles. The molecule has 1 aromatic rings. The molecule has 1 aromatic carbocycles. The van der Waals surface area contributed by atoms with E-state index in [4.69, 9.17) is 9.62 Å². The van der Waals surface area contributed by atoms with Crippen molar-refractivity contribution in [2.75, 3.05) is 6.54 Å². The predicted octanol–water partition coefficient (Wildman–Crippen LogP) is 3.73. The molecule has 1 aliphatic rings. The van der Waals surface area contributed by atoms with Gasteiger partial charge in [0.2, 0.25) is 0 Å². The second kappa shape index (κ2) is 7.76. The molecule has 1 amide bonds. The molecular formula is C19H27NO5. The quantitative estimate of drug-likeness (QED) is 0.647. The number of ether oxygens (including phenoxy) is 1. The van der Waals surface area contributed by atoms with Crippen LogP contribution in [-0.4, -0.2) is 24.2 Å². The Bertz CT molecular complexity index is 635. The first-order valence-electron chi connectivity index (χ1n) is 8.64. The highest BCUT2D eigenvalue weighted by Gasteiger charge is 2.32. The van der Waals surface area contributed by atoms with Crippen molar-refractivity contribution in [3.8, 4) is 5.75 Å². The molecular weight excluding hydrogens is 322 g/mol. The Morgan fingerprint density at radius 1 is 1.28 bits per heavy atom. The minimum absolute atomic E-state index is 0.302. The lowest BCUT2D eigenvalue weighted by molar-refractivity contribution is -0.210. The molecule has 6 nitrogen and oxygen atoms in total. The summed E-state index contributed by atoms with van der Waals surface area (Å²) in [6, 6.07) is 5.71. The molecule has 0 bridgehead atoms. The van der Waals surface area contributed by atoms with E-state index in [9.17, 15) is 9.59 Å². The van der Waals surface area contributed by atoms with E-state index < -0.39 is 17.7 Å². The fraction of sp³-hybridized carbons (Fsp3) is 0.579. The van der Waals surface area contributed by atoms with E-state index in [1.54, 1.807) is 6.07 Å². The number of carbonyl (C=O) groups excluding carboxylic acids is 2. The van der Waals surface area contributed by atoms with Gasteiger partial charge in [-0.25, -0.2) is 9.59 Å². The third-order valence-electron chi connectivity index (χ3n) is 4.17. The first-order chi connectivity index (χ1) is 11.7. The van der Waals surface area contributed by atoms with Gasteiger partial charge in [0.05, 0.1) is 0 Å². The van der Waals surface area contributed by atoms with Crippen LogP contribution in [0.5, 0.6) is 5.75 Å². The van der Waals surface area contributed by atoms with E-state index in [0.29, 0.717) is 24.1 Å². The zero-order valence-electron chi connectivity index (χ0n) is 15.5. The van der Waals surface area contributed by atoms with Gasteiger partial charge in [0, 0.05) is 13.5 Å². The summed E-state index contributed by atoms with van der Waals surface area (Å²) in [5.74, 6) is 0.681. The van der Waals surface area contributed by atoms with E-state index in [-0.39, 0.29) is 0 Å².